The summed E-state index contributed by atoms with van der Waals surface area (Å²) in [6.07, 6.45) is 0.252. The van der Waals surface area contributed by atoms with Crippen LogP contribution < -0.4 is 14.8 Å². The Kier molecular flexibility index (Phi) is 9.33. The number of aliphatic carboxylic acids is 2. The van der Waals surface area contributed by atoms with Gasteiger partial charge in [0.2, 0.25) is 11.5 Å². The van der Waals surface area contributed by atoms with Gasteiger partial charge in [-0.15, -0.1) is 0 Å². The Labute approximate surface area is 241 Å². The number of nitrogens with one attached hydrogen (secondary N) is 1. The smallest absolute Gasteiger partial charge is 0.409 e. The molecule has 4 rings (SSSR count). The summed E-state index contributed by atoms with van der Waals surface area (Å²) in [7, 11) is 1.47. The van der Waals surface area contributed by atoms with E-state index < -0.39 is 41.5 Å². The minimum absolute atomic E-state index is 0.137. The standard InChI is InChI=1S/C28H34N4O10/c1-3-41-27(39)32-13-11-31(12-14-32)25(36)19(7-8-23(33)34)30-24(35)21-16-22(42-28(26(37)38)9-4-10-28)18-6-5-17(40-2)15-20(18)29-21/h5-6,15-16,19H,3-4,7-14H2,1-2H3,(H,30,35)(H,33,34)(H,37,38). The predicted molar refractivity (Wildman–Crippen MR) is 146 cm³/mol. The summed E-state index contributed by atoms with van der Waals surface area (Å²) in [4.78, 5) is 69.6. The number of fused-ring (bicyclic) bond motifs is 1. The van der Waals surface area contributed by atoms with Crippen molar-refractivity contribution in [3.8, 4) is 11.5 Å². The molecule has 0 radical (unpaired) electrons. The fourth-order valence-electron chi connectivity index (χ4n) is 4.87. The van der Waals surface area contributed by atoms with E-state index in [0.717, 1.165) is 0 Å². The number of carbonyl (C=O) groups excluding carboxylic acids is 3. The van der Waals surface area contributed by atoms with Gasteiger partial charge in [0, 0.05) is 50.1 Å². The van der Waals surface area contributed by atoms with Gasteiger partial charge in [0.15, 0.2) is 0 Å². The molecule has 14 heteroatoms. The van der Waals surface area contributed by atoms with Crippen molar-refractivity contribution in [1.82, 2.24) is 20.1 Å². The number of nitrogens with zero attached hydrogens (tertiary/aromatic N) is 3. The van der Waals surface area contributed by atoms with Crippen molar-refractivity contribution in [1.29, 1.82) is 0 Å². The monoisotopic (exact) mass is 586 g/mol. The third-order valence-electron chi connectivity index (χ3n) is 7.44. The molecule has 2 heterocycles. The fraction of sp³-hybridized carbons (Fsp3) is 0.500. The molecule has 1 unspecified atom stereocenters. The van der Waals surface area contributed by atoms with Crippen molar-refractivity contribution in [2.24, 2.45) is 0 Å². The third kappa shape index (κ3) is 6.64. The number of benzene rings is 1. The normalized spacial score (nSPS) is 16.6. The van der Waals surface area contributed by atoms with Gasteiger partial charge in [0.05, 0.1) is 19.2 Å². The second-order valence-corrected chi connectivity index (χ2v) is 10.1. The van der Waals surface area contributed by atoms with E-state index in [1.165, 1.54) is 23.0 Å². The van der Waals surface area contributed by atoms with Crippen molar-refractivity contribution < 1.29 is 48.4 Å². The summed E-state index contributed by atoms with van der Waals surface area (Å²) in [5.74, 6) is -2.92. The van der Waals surface area contributed by atoms with Crippen LogP contribution in [0.25, 0.3) is 10.9 Å². The number of hydrogen-bond donors (Lipinski definition) is 3. The maximum Gasteiger partial charge on any atom is 0.409 e. The zero-order valence-electron chi connectivity index (χ0n) is 23.5. The number of amides is 3. The Balaban J connectivity index is 1.58. The molecule has 2 aliphatic rings. The number of ether oxygens (including phenoxy) is 3. The zero-order chi connectivity index (χ0) is 30.4. The molecule has 226 valence electrons. The molecule has 1 saturated carbocycles. The molecule has 3 amide bonds. The van der Waals surface area contributed by atoms with Crippen LogP contribution in [0.2, 0.25) is 0 Å². The van der Waals surface area contributed by atoms with Crippen molar-refractivity contribution >= 4 is 40.7 Å². The van der Waals surface area contributed by atoms with E-state index in [-0.39, 0.29) is 57.1 Å². The lowest BCUT2D eigenvalue weighted by Crippen LogP contribution is -2.56. The molecule has 1 saturated heterocycles. The van der Waals surface area contributed by atoms with E-state index in [1.807, 2.05) is 0 Å². The Hall–Kier alpha value is -4.62. The highest BCUT2D eigenvalue weighted by Crippen LogP contribution is 2.40. The number of hydrogen-bond acceptors (Lipinski definition) is 9. The van der Waals surface area contributed by atoms with Crippen LogP contribution in [-0.4, -0.2) is 106 Å². The van der Waals surface area contributed by atoms with Crippen LogP contribution in [0, 0.1) is 0 Å². The minimum atomic E-state index is -1.42. The molecule has 2 fully saturated rings. The lowest BCUT2D eigenvalue weighted by molar-refractivity contribution is -0.163. The number of methoxy groups -OCH3 is 1. The number of rotatable bonds is 11. The summed E-state index contributed by atoms with van der Waals surface area (Å²) < 4.78 is 16.3. The molecule has 1 atom stereocenters. The van der Waals surface area contributed by atoms with Crippen molar-refractivity contribution in [2.45, 2.75) is 50.7 Å². The van der Waals surface area contributed by atoms with Crippen LogP contribution >= 0.6 is 0 Å². The van der Waals surface area contributed by atoms with E-state index in [4.69, 9.17) is 14.2 Å². The Morgan fingerprint density at radius 2 is 1.74 bits per heavy atom. The number of carbonyl (C=O) groups is 5. The van der Waals surface area contributed by atoms with Crippen LogP contribution in [-0.2, 0) is 19.1 Å². The molecular weight excluding hydrogens is 552 g/mol. The van der Waals surface area contributed by atoms with Crippen molar-refractivity contribution in [3.05, 3.63) is 30.0 Å². The first-order valence-corrected chi connectivity index (χ1v) is 13.7. The molecule has 0 bridgehead atoms. The van der Waals surface area contributed by atoms with E-state index in [0.29, 0.717) is 35.9 Å². The topological polar surface area (TPSA) is 185 Å². The van der Waals surface area contributed by atoms with E-state index in [2.05, 4.69) is 10.3 Å². The number of carboxylic acid groups (broad SMARTS) is 2. The van der Waals surface area contributed by atoms with E-state index in [9.17, 15) is 34.2 Å². The van der Waals surface area contributed by atoms with Crippen LogP contribution in [0.15, 0.2) is 24.3 Å². The summed E-state index contributed by atoms with van der Waals surface area (Å²) >= 11 is 0. The predicted octanol–water partition coefficient (Wildman–Crippen LogP) is 1.89. The largest absolute Gasteiger partial charge is 0.497 e. The van der Waals surface area contributed by atoms with Crippen LogP contribution in [0.1, 0.15) is 49.5 Å². The van der Waals surface area contributed by atoms with Gasteiger partial charge >= 0.3 is 18.0 Å². The highest BCUT2D eigenvalue weighted by atomic mass is 16.6. The molecule has 0 spiro atoms. The van der Waals surface area contributed by atoms with Crippen LogP contribution in [0.4, 0.5) is 4.79 Å². The number of pyridine rings is 1. The van der Waals surface area contributed by atoms with Gasteiger partial charge in [0.25, 0.3) is 5.91 Å². The van der Waals surface area contributed by atoms with Gasteiger partial charge in [-0.05, 0) is 44.7 Å². The van der Waals surface area contributed by atoms with Gasteiger partial charge in [-0.25, -0.2) is 14.6 Å². The van der Waals surface area contributed by atoms with Gasteiger partial charge in [-0.3, -0.25) is 14.4 Å². The summed E-state index contributed by atoms with van der Waals surface area (Å²) in [5.41, 5.74) is -1.26. The highest BCUT2D eigenvalue weighted by molar-refractivity contribution is 6.00. The lowest BCUT2D eigenvalue weighted by Gasteiger charge is -2.38. The number of carboxylic acids is 2. The molecule has 1 aliphatic carbocycles. The second-order valence-electron chi connectivity index (χ2n) is 10.1. The molecular formula is C28H34N4O10. The maximum absolute atomic E-state index is 13.5. The van der Waals surface area contributed by atoms with E-state index >= 15 is 0 Å². The first-order chi connectivity index (χ1) is 20.1. The van der Waals surface area contributed by atoms with Gasteiger partial charge in [0.1, 0.15) is 23.2 Å². The van der Waals surface area contributed by atoms with Gasteiger partial charge in [-0.1, -0.05) is 0 Å². The Morgan fingerprint density at radius 3 is 2.31 bits per heavy atom. The summed E-state index contributed by atoms with van der Waals surface area (Å²) in [5, 5.41) is 22.1. The third-order valence-corrected chi connectivity index (χ3v) is 7.44. The molecule has 1 aliphatic heterocycles. The number of piperazine rings is 1. The second kappa shape index (κ2) is 12.9. The first kappa shape index (κ1) is 30.3. The summed E-state index contributed by atoms with van der Waals surface area (Å²) in [6.45, 7) is 2.73. The van der Waals surface area contributed by atoms with Gasteiger partial charge in [-0.2, -0.15) is 0 Å². The lowest BCUT2D eigenvalue weighted by atomic mass is 9.80. The van der Waals surface area contributed by atoms with Crippen molar-refractivity contribution in [3.63, 3.8) is 0 Å². The molecule has 2 aromatic rings. The zero-order valence-corrected chi connectivity index (χ0v) is 23.5. The Morgan fingerprint density at radius 1 is 1.05 bits per heavy atom. The summed E-state index contributed by atoms with van der Waals surface area (Å²) in [6, 6.07) is 5.02. The first-order valence-electron chi connectivity index (χ1n) is 13.7. The molecule has 42 heavy (non-hydrogen) atoms. The average molecular weight is 587 g/mol. The molecule has 1 aromatic heterocycles. The quantitative estimate of drug-likeness (QED) is 0.349. The number of aromatic nitrogens is 1. The molecule has 3 N–H and O–H groups in total. The SMILES string of the molecule is CCOC(=O)N1CCN(C(=O)C(CCC(=O)O)NC(=O)c2cc(OC3(C(=O)O)CCC3)c3ccc(OC)cc3n2)CC1. The van der Waals surface area contributed by atoms with Crippen LogP contribution in [0.5, 0.6) is 11.5 Å². The van der Waals surface area contributed by atoms with Crippen molar-refractivity contribution in [2.75, 3.05) is 39.9 Å². The Bertz CT molecular complexity index is 1370. The van der Waals surface area contributed by atoms with Crippen LogP contribution in [0.3, 0.4) is 0 Å². The minimum Gasteiger partial charge on any atom is -0.497 e. The fourth-order valence-corrected chi connectivity index (χ4v) is 4.87. The molecule has 14 nitrogen and oxygen atoms in total. The van der Waals surface area contributed by atoms with Gasteiger partial charge < -0.3 is 39.5 Å². The average Bonchev–Trinajstić information content (AvgIpc) is 2.95. The highest BCUT2D eigenvalue weighted by Gasteiger charge is 2.47. The van der Waals surface area contributed by atoms with E-state index in [1.54, 1.807) is 25.1 Å². The maximum atomic E-state index is 13.5. The molecule has 1 aromatic carbocycles.